The molecule has 1 fully saturated rings. The highest BCUT2D eigenvalue weighted by Crippen LogP contribution is 2.27. The van der Waals surface area contributed by atoms with E-state index in [4.69, 9.17) is 9.73 Å². The minimum Gasteiger partial charge on any atom is -0.491 e. The van der Waals surface area contributed by atoms with Crippen molar-refractivity contribution in [1.82, 2.24) is 19.8 Å². The maximum absolute atomic E-state index is 14.1. The van der Waals surface area contributed by atoms with Crippen molar-refractivity contribution >= 4 is 5.96 Å². The summed E-state index contributed by atoms with van der Waals surface area (Å²) in [6.45, 7) is 9.69. The lowest BCUT2D eigenvalue weighted by Gasteiger charge is -2.39. The van der Waals surface area contributed by atoms with Crippen molar-refractivity contribution in [2.24, 2.45) is 10.9 Å². The van der Waals surface area contributed by atoms with E-state index >= 15 is 0 Å². The van der Waals surface area contributed by atoms with E-state index in [1.807, 2.05) is 31.7 Å². The maximum Gasteiger partial charge on any atom is 0.194 e. The predicted octanol–water partition coefficient (Wildman–Crippen LogP) is 3.47. The first-order chi connectivity index (χ1) is 13.6. The molecule has 3 rings (SSSR count). The Kier molecular flexibility index (Phi) is 6.90. The van der Waals surface area contributed by atoms with Gasteiger partial charge in [-0.3, -0.25) is 0 Å². The molecular formula is C21H30FN5O. The number of hydrogen-bond donors (Lipinski definition) is 1. The standard InChI is InChI=1S/C21H30FN5O/c1-4-24-21(25-13-17-6-7-20(28-5-2)18(22)12-17)26-10-8-16(3)19(14-26)27-11-9-23-15-27/h6-7,9,11-12,15-16,19H,4-5,8,10,13-14H2,1-3H3,(H,24,25). The topological polar surface area (TPSA) is 54.7 Å². The predicted molar refractivity (Wildman–Crippen MR) is 109 cm³/mol. The highest BCUT2D eigenvalue weighted by atomic mass is 19.1. The first kappa shape index (κ1) is 20.2. The third-order valence-corrected chi connectivity index (χ3v) is 5.17. The molecule has 2 heterocycles. The van der Waals surface area contributed by atoms with E-state index in [-0.39, 0.29) is 11.6 Å². The third kappa shape index (κ3) is 4.82. The van der Waals surface area contributed by atoms with Gasteiger partial charge < -0.3 is 19.5 Å². The fourth-order valence-corrected chi connectivity index (χ4v) is 3.60. The summed E-state index contributed by atoms with van der Waals surface area (Å²) in [5.74, 6) is 1.39. The largest absolute Gasteiger partial charge is 0.491 e. The van der Waals surface area contributed by atoms with Gasteiger partial charge in [-0.05, 0) is 43.9 Å². The molecule has 2 aromatic rings. The van der Waals surface area contributed by atoms with E-state index in [9.17, 15) is 4.39 Å². The molecule has 1 N–H and O–H groups in total. The summed E-state index contributed by atoms with van der Waals surface area (Å²) in [4.78, 5) is 11.3. The van der Waals surface area contributed by atoms with Crippen LogP contribution in [0.2, 0.25) is 0 Å². The number of guanidine groups is 1. The van der Waals surface area contributed by atoms with Gasteiger partial charge in [0.05, 0.1) is 25.5 Å². The van der Waals surface area contributed by atoms with E-state index < -0.39 is 0 Å². The molecule has 0 radical (unpaired) electrons. The second-order valence-corrected chi connectivity index (χ2v) is 7.16. The van der Waals surface area contributed by atoms with E-state index in [1.54, 1.807) is 6.07 Å². The van der Waals surface area contributed by atoms with E-state index in [1.165, 1.54) is 6.07 Å². The number of piperidine rings is 1. The number of nitrogens with one attached hydrogen (secondary N) is 1. The van der Waals surface area contributed by atoms with Gasteiger partial charge in [-0.1, -0.05) is 13.0 Å². The summed E-state index contributed by atoms with van der Waals surface area (Å²) in [6, 6.07) is 5.41. The molecule has 2 atom stereocenters. The number of hydrogen-bond acceptors (Lipinski definition) is 3. The average Bonchev–Trinajstić information content (AvgIpc) is 3.22. The van der Waals surface area contributed by atoms with E-state index in [0.717, 1.165) is 37.6 Å². The Bertz CT molecular complexity index is 777. The maximum atomic E-state index is 14.1. The van der Waals surface area contributed by atoms with Gasteiger partial charge in [0, 0.05) is 32.0 Å². The van der Waals surface area contributed by atoms with Crippen LogP contribution < -0.4 is 10.1 Å². The zero-order valence-electron chi connectivity index (χ0n) is 16.9. The van der Waals surface area contributed by atoms with Gasteiger partial charge in [0.15, 0.2) is 17.5 Å². The SMILES string of the molecule is CCNC(=NCc1ccc(OCC)c(F)c1)N1CCC(C)C(n2ccnc2)C1. The molecule has 152 valence electrons. The summed E-state index contributed by atoms with van der Waals surface area (Å²) >= 11 is 0. The van der Waals surface area contributed by atoms with Crippen molar-refractivity contribution in [3.8, 4) is 5.75 Å². The number of benzene rings is 1. The van der Waals surface area contributed by atoms with Gasteiger partial charge in [0.2, 0.25) is 0 Å². The summed E-state index contributed by atoms with van der Waals surface area (Å²) in [5.41, 5.74) is 0.827. The molecule has 0 spiro atoms. The Morgan fingerprint density at radius 3 is 2.93 bits per heavy atom. The lowest BCUT2D eigenvalue weighted by atomic mass is 9.93. The van der Waals surface area contributed by atoms with Crippen molar-refractivity contribution in [2.45, 2.75) is 39.8 Å². The smallest absolute Gasteiger partial charge is 0.194 e. The molecule has 6 nitrogen and oxygen atoms in total. The molecule has 7 heteroatoms. The molecule has 0 saturated carbocycles. The summed E-state index contributed by atoms with van der Waals surface area (Å²) < 4.78 is 21.6. The van der Waals surface area contributed by atoms with Crippen molar-refractivity contribution in [1.29, 1.82) is 0 Å². The first-order valence-corrected chi connectivity index (χ1v) is 10.0. The molecule has 1 aliphatic rings. The second kappa shape index (κ2) is 9.57. The summed E-state index contributed by atoms with van der Waals surface area (Å²) in [6.07, 6.45) is 6.82. The minimum atomic E-state index is -0.341. The van der Waals surface area contributed by atoms with Gasteiger partial charge in [-0.25, -0.2) is 14.4 Å². The van der Waals surface area contributed by atoms with Crippen LogP contribution in [-0.2, 0) is 6.54 Å². The molecule has 0 bridgehead atoms. The molecule has 1 aromatic heterocycles. The quantitative estimate of drug-likeness (QED) is 0.609. The van der Waals surface area contributed by atoms with Crippen LogP contribution in [0.5, 0.6) is 5.75 Å². The molecule has 1 aliphatic heterocycles. The van der Waals surface area contributed by atoms with E-state index in [2.05, 4.69) is 33.6 Å². The normalized spacial score (nSPS) is 20.3. The van der Waals surface area contributed by atoms with Crippen molar-refractivity contribution in [3.63, 3.8) is 0 Å². The van der Waals surface area contributed by atoms with Crippen LogP contribution in [0.15, 0.2) is 41.9 Å². The van der Waals surface area contributed by atoms with Gasteiger partial charge in [0.25, 0.3) is 0 Å². The number of imidazole rings is 1. The number of aromatic nitrogens is 2. The van der Waals surface area contributed by atoms with Crippen LogP contribution in [0.4, 0.5) is 4.39 Å². The number of halogens is 1. The van der Waals surface area contributed by atoms with Crippen LogP contribution in [0.3, 0.4) is 0 Å². The lowest BCUT2D eigenvalue weighted by Crippen LogP contribution is -2.49. The monoisotopic (exact) mass is 387 g/mol. The van der Waals surface area contributed by atoms with Gasteiger partial charge in [-0.15, -0.1) is 0 Å². The number of rotatable bonds is 6. The number of aliphatic imine (C=N–C) groups is 1. The zero-order valence-corrected chi connectivity index (χ0v) is 16.9. The fourth-order valence-electron chi connectivity index (χ4n) is 3.60. The Morgan fingerprint density at radius 1 is 1.39 bits per heavy atom. The highest BCUT2D eigenvalue weighted by Gasteiger charge is 2.28. The van der Waals surface area contributed by atoms with Crippen molar-refractivity contribution in [2.75, 3.05) is 26.2 Å². The average molecular weight is 388 g/mol. The van der Waals surface area contributed by atoms with Gasteiger partial charge >= 0.3 is 0 Å². The van der Waals surface area contributed by atoms with Crippen molar-refractivity contribution < 1.29 is 9.13 Å². The molecule has 0 amide bonds. The van der Waals surface area contributed by atoms with Crippen LogP contribution >= 0.6 is 0 Å². The fraction of sp³-hybridized carbons (Fsp3) is 0.524. The second-order valence-electron chi connectivity index (χ2n) is 7.16. The van der Waals surface area contributed by atoms with Crippen LogP contribution in [0.25, 0.3) is 0 Å². The lowest BCUT2D eigenvalue weighted by molar-refractivity contribution is 0.189. The van der Waals surface area contributed by atoms with Gasteiger partial charge in [0.1, 0.15) is 0 Å². The van der Waals surface area contributed by atoms with E-state index in [0.29, 0.717) is 25.1 Å². The first-order valence-electron chi connectivity index (χ1n) is 10.0. The molecule has 28 heavy (non-hydrogen) atoms. The van der Waals surface area contributed by atoms with Gasteiger partial charge in [-0.2, -0.15) is 0 Å². The molecular weight excluding hydrogens is 357 g/mol. The molecule has 2 unspecified atom stereocenters. The van der Waals surface area contributed by atoms with Crippen LogP contribution in [0, 0.1) is 11.7 Å². The Labute approximate surface area is 166 Å². The van der Waals surface area contributed by atoms with Crippen LogP contribution in [0.1, 0.15) is 38.8 Å². The molecule has 1 saturated heterocycles. The summed E-state index contributed by atoms with van der Waals surface area (Å²) in [5, 5.41) is 3.38. The number of likely N-dealkylation sites (tertiary alicyclic amines) is 1. The Balaban J connectivity index is 1.72. The molecule has 1 aromatic carbocycles. The highest BCUT2D eigenvalue weighted by molar-refractivity contribution is 5.80. The van der Waals surface area contributed by atoms with Crippen LogP contribution in [-0.4, -0.2) is 46.7 Å². The third-order valence-electron chi connectivity index (χ3n) is 5.17. The number of ether oxygens (including phenoxy) is 1. The number of nitrogens with zero attached hydrogens (tertiary/aromatic N) is 4. The Morgan fingerprint density at radius 2 is 2.25 bits per heavy atom. The molecule has 0 aliphatic carbocycles. The summed E-state index contributed by atoms with van der Waals surface area (Å²) in [7, 11) is 0. The minimum absolute atomic E-state index is 0.287. The Hall–Kier alpha value is -2.57. The zero-order chi connectivity index (χ0) is 19.9. The van der Waals surface area contributed by atoms with Crippen molar-refractivity contribution in [3.05, 3.63) is 48.3 Å².